The van der Waals surface area contributed by atoms with E-state index in [1.54, 1.807) is 25.1 Å². The molecule has 0 fully saturated rings. The second kappa shape index (κ2) is 10.2. The van der Waals surface area contributed by atoms with Crippen molar-refractivity contribution >= 4 is 41.0 Å². The maximum absolute atomic E-state index is 14.4. The van der Waals surface area contributed by atoms with Gasteiger partial charge in [-0.1, -0.05) is 41.1 Å². The minimum Gasteiger partial charge on any atom is -0.466 e. The molecule has 0 saturated carbocycles. The van der Waals surface area contributed by atoms with Gasteiger partial charge < -0.3 is 13.9 Å². The second-order valence-electron chi connectivity index (χ2n) is 8.14. The molecule has 1 aliphatic rings. The molecule has 2 aromatic heterocycles. The highest BCUT2D eigenvalue weighted by Gasteiger charge is 2.33. The Morgan fingerprint density at radius 1 is 1.13 bits per heavy atom. The molecule has 0 bridgehead atoms. The van der Waals surface area contributed by atoms with Crippen molar-refractivity contribution in [1.82, 2.24) is 4.57 Å². The van der Waals surface area contributed by atoms with Crippen molar-refractivity contribution < 1.29 is 27.9 Å². The molecule has 0 N–H and O–H groups in total. The van der Waals surface area contributed by atoms with Gasteiger partial charge in [-0.05, 0) is 55.0 Å². The lowest BCUT2D eigenvalue weighted by Crippen LogP contribution is -2.39. The first-order valence-electron chi connectivity index (χ1n) is 11.2. The Hall–Kier alpha value is -4.28. The number of thiazole rings is 1. The number of rotatable bonds is 5. The van der Waals surface area contributed by atoms with Crippen molar-refractivity contribution in [2.45, 2.75) is 13.0 Å². The second-order valence-corrected chi connectivity index (χ2v) is 9.56. The number of nitrogens with zero attached hydrogens (tertiary/aromatic N) is 2. The first-order chi connectivity index (χ1) is 18.3. The molecule has 0 aliphatic carbocycles. The van der Waals surface area contributed by atoms with Crippen molar-refractivity contribution in [3.63, 3.8) is 0 Å². The predicted molar refractivity (Wildman–Crippen MR) is 137 cm³/mol. The quantitative estimate of drug-likeness (QED) is 0.274. The van der Waals surface area contributed by atoms with Crippen molar-refractivity contribution in [1.29, 1.82) is 0 Å². The van der Waals surface area contributed by atoms with Gasteiger partial charge in [0.25, 0.3) is 5.56 Å². The summed E-state index contributed by atoms with van der Waals surface area (Å²) in [7, 11) is 1.24. The van der Waals surface area contributed by atoms with Gasteiger partial charge in [-0.3, -0.25) is 9.36 Å². The van der Waals surface area contributed by atoms with Crippen LogP contribution >= 0.6 is 22.9 Å². The van der Waals surface area contributed by atoms with Gasteiger partial charge >= 0.3 is 11.9 Å². The van der Waals surface area contributed by atoms with Crippen LogP contribution in [0.3, 0.4) is 0 Å². The molecule has 3 heterocycles. The minimum absolute atomic E-state index is 0.0442. The standard InChI is InChI=1S/C27H18ClFN2O6S/c1-14-22(26(34)35-2)23(15-8-10-16(11-9-15)37-25(33)20-7-4-12-36-20)31-24(32)21(38-27(31)30-14)13-17-18(28)5-3-6-19(17)29/h3-13,23H,1-2H3. The third-order valence-electron chi connectivity index (χ3n) is 5.83. The van der Waals surface area contributed by atoms with E-state index in [9.17, 15) is 18.8 Å². The number of methoxy groups -OCH3 is 1. The van der Waals surface area contributed by atoms with Gasteiger partial charge in [0.2, 0.25) is 5.76 Å². The minimum atomic E-state index is -0.897. The van der Waals surface area contributed by atoms with E-state index in [0.717, 1.165) is 11.3 Å². The third-order valence-corrected chi connectivity index (χ3v) is 7.14. The van der Waals surface area contributed by atoms with Crippen LogP contribution < -0.4 is 19.6 Å². The molecule has 1 aliphatic heterocycles. The van der Waals surface area contributed by atoms with Crippen LogP contribution in [0.1, 0.15) is 34.6 Å². The molecule has 38 heavy (non-hydrogen) atoms. The van der Waals surface area contributed by atoms with Gasteiger partial charge in [0, 0.05) is 5.56 Å². The van der Waals surface area contributed by atoms with E-state index in [1.165, 1.54) is 60.4 Å². The molecule has 1 atom stereocenters. The molecule has 11 heteroatoms. The molecule has 1 unspecified atom stereocenters. The number of esters is 2. The number of halogens is 2. The topological polar surface area (TPSA) is 100 Å². The number of hydrogen-bond acceptors (Lipinski definition) is 8. The Bertz CT molecular complexity index is 1750. The van der Waals surface area contributed by atoms with Crippen molar-refractivity contribution in [3.8, 4) is 5.75 Å². The Kier molecular flexibility index (Phi) is 6.83. The number of allylic oxidation sites excluding steroid dienone is 1. The van der Waals surface area contributed by atoms with Gasteiger partial charge in [0.15, 0.2) is 4.80 Å². The van der Waals surface area contributed by atoms with Crippen LogP contribution in [0.25, 0.3) is 6.08 Å². The lowest BCUT2D eigenvalue weighted by Gasteiger charge is -2.24. The number of carbonyl (C=O) groups is 2. The van der Waals surface area contributed by atoms with E-state index in [2.05, 4.69) is 4.99 Å². The van der Waals surface area contributed by atoms with Crippen molar-refractivity contribution in [2.24, 2.45) is 4.99 Å². The maximum atomic E-state index is 14.4. The monoisotopic (exact) mass is 552 g/mol. The number of carbonyl (C=O) groups excluding carboxylic acids is 2. The SMILES string of the molecule is COC(=O)C1=C(C)N=c2sc(=Cc3c(F)cccc3Cl)c(=O)n2C1c1ccc(OC(=O)c2ccco2)cc1. The number of ether oxygens (including phenoxy) is 2. The number of benzene rings is 2. The van der Waals surface area contributed by atoms with Crippen LogP contribution in [0.15, 0.2) is 86.3 Å². The lowest BCUT2D eigenvalue weighted by atomic mass is 9.96. The number of furan rings is 1. The smallest absolute Gasteiger partial charge is 0.379 e. The van der Waals surface area contributed by atoms with E-state index < -0.39 is 29.4 Å². The summed E-state index contributed by atoms with van der Waals surface area (Å²) in [4.78, 5) is 43.4. The Morgan fingerprint density at radius 3 is 2.55 bits per heavy atom. The zero-order valence-corrected chi connectivity index (χ0v) is 21.5. The van der Waals surface area contributed by atoms with E-state index in [1.807, 2.05) is 0 Å². The fraction of sp³-hybridized carbons (Fsp3) is 0.111. The molecule has 0 spiro atoms. The zero-order chi connectivity index (χ0) is 27.0. The number of fused-ring (bicyclic) bond motifs is 1. The van der Waals surface area contributed by atoms with Gasteiger partial charge in [0.1, 0.15) is 11.6 Å². The Morgan fingerprint density at radius 2 is 1.89 bits per heavy atom. The molecular weight excluding hydrogens is 535 g/mol. The number of aromatic nitrogens is 1. The largest absolute Gasteiger partial charge is 0.466 e. The number of hydrogen-bond donors (Lipinski definition) is 0. The summed E-state index contributed by atoms with van der Waals surface area (Å²) in [6, 6.07) is 12.7. The first-order valence-corrected chi connectivity index (χ1v) is 12.4. The summed E-state index contributed by atoms with van der Waals surface area (Å²) in [6.07, 6.45) is 2.73. The summed E-state index contributed by atoms with van der Waals surface area (Å²) < 4.78 is 31.3. The van der Waals surface area contributed by atoms with E-state index >= 15 is 0 Å². The highest BCUT2D eigenvalue weighted by molar-refractivity contribution is 7.07. The summed E-state index contributed by atoms with van der Waals surface area (Å²) in [6.45, 7) is 1.64. The first kappa shape index (κ1) is 25.4. The molecule has 0 radical (unpaired) electrons. The summed E-state index contributed by atoms with van der Waals surface area (Å²) in [5.41, 5.74) is 0.652. The van der Waals surface area contributed by atoms with E-state index in [4.69, 9.17) is 25.5 Å². The van der Waals surface area contributed by atoms with E-state index in [-0.39, 0.29) is 32.2 Å². The van der Waals surface area contributed by atoms with Crippen LogP contribution in [-0.4, -0.2) is 23.6 Å². The van der Waals surface area contributed by atoms with Gasteiger partial charge in [-0.15, -0.1) is 0 Å². The van der Waals surface area contributed by atoms with Gasteiger partial charge in [0.05, 0.1) is 40.2 Å². The molecule has 5 rings (SSSR count). The molecule has 2 aromatic carbocycles. The molecule has 8 nitrogen and oxygen atoms in total. The fourth-order valence-corrected chi connectivity index (χ4v) is 5.30. The van der Waals surface area contributed by atoms with Crippen LogP contribution in [0.2, 0.25) is 5.02 Å². The molecule has 0 saturated heterocycles. The predicted octanol–water partition coefficient (Wildman–Crippen LogP) is 4.01. The van der Waals surface area contributed by atoms with Crippen molar-refractivity contribution in [2.75, 3.05) is 7.11 Å². The summed E-state index contributed by atoms with van der Waals surface area (Å²) in [5, 5.41) is 0.151. The summed E-state index contributed by atoms with van der Waals surface area (Å²) in [5.74, 6) is -1.63. The highest BCUT2D eigenvalue weighted by Crippen LogP contribution is 2.31. The average molecular weight is 553 g/mol. The van der Waals surface area contributed by atoms with Crippen LogP contribution in [0.4, 0.5) is 4.39 Å². The molecule has 4 aromatic rings. The molecule has 0 amide bonds. The Balaban J connectivity index is 1.61. The summed E-state index contributed by atoms with van der Waals surface area (Å²) >= 11 is 7.21. The van der Waals surface area contributed by atoms with Crippen molar-refractivity contribution in [3.05, 3.63) is 120 Å². The Labute approximate surface area is 223 Å². The van der Waals surface area contributed by atoms with Crippen LogP contribution in [0, 0.1) is 5.82 Å². The fourth-order valence-electron chi connectivity index (χ4n) is 4.06. The normalized spacial score (nSPS) is 15.2. The molecule has 192 valence electrons. The van der Waals surface area contributed by atoms with Gasteiger partial charge in [-0.2, -0.15) is 0 Å². The lowest BCUT2D eigenvalue weighted by molar-refractivity contribution is -0.136. The third kappa shape index (κ3) is 4.59. The average Bonchev–Trinajstić information content (AvgIpc) is 3.54. The molecular formula is C27H18ClFN2O6S. The van der Waals surface area contributed by atoms with Crippen LogP contribution in [0.5, 0.6) is 5.75 Å². The van der Waals surface area contributed by atoms with E-state index in [0.29, 0.717) is 16.1 Å². The highest BCUT2D eigenvalue weighted by atomic mass is 35.5. The maximum Gasteiger partial charge on any atom is 0.379 e. The zero-order valence-electron chi connectivity index (χ0n) is 19.9. The van der Waals surface area contributed by atoms with Gasteiger partial charge in [-0.25, -0.2) is 19.0 Å². The van der Waals surface area contributed by atoms with Crippen LogP contribution in [-0.2, 0) is 9.53 Å².